The molecule has 0 saturated carbocycles. The number of benzene rings is 1. The minimum atomic E-state index is -3.65. The van der Waals surface area contributed by atoms with Crippen LogP contribution in [0.5, 0.6) is 0 Å². The highest BCUT2D eigenvalue weighted by Crippen LogP contribution is 2.28. The van der Waals surface area contributed by atoms with Gasteiger partial charge in [0.05, 0.1) is 5.69 Å². The zero-order valence-corrected chi connectivity index (χ0v) is 13.5. The maximum atomic E-state index is 12.2. The van der Waals surface area contributed by atoms with E-state index < -0.39 is 10.0 Å². The molecule has 102 valence electrons. The standard InChI is InChI=1S/C11H12BrN3O2S2/c1-6-3-4-8(5-9(6)12)15-19(16,17)10-7(2)14-11(13)18-10/h3-5,15H,1-2H3,(H2,13,14). The van der Waals surface area contributed by atoms with E-state index in [1.807, 2.05) is 13.0 Å². The molecular formula is C11H12BrN3O2S2. The van der Waals surface area contributed by atoms with Crippen molar-refractivity contribution >= 4 is 48.1 Å². The number of nitrogens with one attached hydrogen (secondary N) is 1. The van der Waals surface area contributed by atoms with E-state index in [1.165, 1.54) is 0 Å². The van der Waals surface area contributed by atoms with E-state index in [2.05, 4.69) is 25.6 Å². The highest BCUT2D eigenvalue weighted by molar-refractivity contribution is 9.10. The smallest absolute Gasteiger partial charge is 0.273 e. The predicted octanol–water partition coefficient (Wildman–Crippen LogP) is 2.91. The van der Waals surface area contributed by atoms with Crippen LogP contribution in [0.15, 0.2) is 26.9 Å². The van der Waals surface area contributed by atoms with E-state index in [-0.39, 0.29) is 9.34 Å². The van der Waals surface area contributed by atoms with Crippen LogP contribution in [-0.2, 0) is 10.0 Å². The number of nitrogens with two attached hydrogens (primary N) is 1. The van der Waals surface area contributed by atoms with Crippen LogP contribution in [0.25, 0.3) is 0 Å². The predicted molar refractivity (Wildman–Crippen MR) is 81.0 cm³/mol. The summed E-state index contributed by atoms with van der Waals surface area (Å²) >= 11 is 4.32. The van der Waals surface area contributed by atoms with Gasteiger partial charge in [-0.3, -0.25) is 4.72 Å². The summed E-state index contributed by atoms with van der Waals surface area (Å²) in [6.45, 7) is 3.54. The average molecular weight is 362 g/mol. The quantitative estimate of drug-likeness (QED) is 0.879. The van der Waals surface area contributed by atoms with Crippen LogP contribution in [0.3, 0.4) is 0 Å². The van der Waals surface area contributed by atoms with Crippen molar-refractivity contribution in [1.82, 2.24) is 4.98 Å². The summed E-state index contributed by atoms with van der Waals surface area (Å²) < 4.78 is 27.9. The Morgan fingerprint density at radius 1 is 1.37 bits per heavy atom. The van der Waals surface area contributed by atoms with Crippen LogP contribution in [0, 0.1) is 13.8 Å². The number of nitrogens with zero attached hydrogens (tertiary/aromatic N) is 1. The molecule has 0 atom stereocenters. The van der Waals surface area contributed by atoms with E-state index in [9.17, 15) is 8.42 Å². The molecule has 0 aliphatic carbocycles. The van der Waals surface area contributed by atoms with Crippen molar-refractivity contribution < 1.29 is 8.42 Å². The third-order valence-electron chi connectivity index (χ3n) is 2.44. The number of sulfonamides is 1. The van der Waals surface area contributed by atoms with Gasteiger partial charge in [-0.1, -0.05) is 33.3 Å². The lowest BCUT2D eigenvalue weighted by Gasteiger charge is -2.08. The molecule has 0 aliphatic rings. The van der Waals surface area contributed by atoms with E-state index in [0.29, 0.717) is 11.4 Å². The maximum Gasteiger partial charge on any atom is 0.273 e. The van der Waals surface area contributed by atoms with Crippen LogP contribution in [-0.4, -0.2) is 13.4 Å². The number of rotatable bonds is 3. The summed E-state index contributed by atoms with van der Waals surface area (Å²) in [5.74, 6) is 0. The lowest BCUT2D eigenvalue weighted by atomic mass is 10.2. The van der Waals surface area contributed by atoms with Crippen molar-refractivity contribution in [1.29, 1.82) is 0 Å². The van der Waals surface area contributed by atoms with Gasteiger partial charge in [-0.25, -0.2) is 13.4 Å². The fourth-order valence-corrected chi connectivity index (χ4v) is 4.24. The Labute approximate surface area is 124 Å². The molecule has 1 heterocycles. The van der Waals surface area contributed by atoms with Crippen LogP contribution in [0.2, 0.25) is 0 Å². The Morgan fingerprint density at radius 2 is 2.05 bits per heavy atom. The molecule has 2 rings (SSSR count). The van der Waals surface area contributed by atoms with Gasteiger partial charge in [0.1, 0.15) is 0 Å². The second kappa shape index (κ2) is 5.10. The number of thiazole rings is 1. The van der Waals surface area contributed by atoms with Crippen molar-refractivity contribution in [2.45, 2.75) is 18.1 Å². The largest absolute Gasteiger partial charge is 0.375 e. The summed E-state index contributed by atoms with van der Waals surface area (Å²) in [5.41, 5.74) is 7.44. The van der Waals surface area contributed by atoms with Gasteiger partial charge < -0.3 is 5.73 Å². The summed E-state index contributed by atoms with van der Waals surface area (Å²) in [4.78, 5) is 3.92. The van der Waals surface area contributed by atoms with Gasteiger partial charge in [0.25, 0.3) is 10.0 Å². The molecule has 0 spiro atoms. The zero-order valence-electron chi connectivity index (χ0n) is 10.3. The monoisotopic (exact) mass is 361 g/mol. The van der Waals surface area contributed by atoms with Gasteiger partial charge in [-0.15, -0.1) is 0 Å². The topological polar surface area (TPSA) is 85.1 Å². The van der Waals surface area contributed by atoms with E-state index in [4.69, 9.17) is 5.73 Å². The van der Waals surface area contributed by atoms with Gasteiger partial charge in [0, 0.05) is 10.2 Å². The van der Waals surface area contributed by atoms with E-state index in [1.54, 1.807) is 19.1 Å². The molecule has 2 aromatic rings. The molecular weight excluding hydrogens is 350 g/mol. The molecule has 0 fully saturated rings. The normalized spacial score (nSPS) is 11.5. The minimum absolute atomic E-state index is 0.140. The van der Waals surface area contributed by atoms with E-state index >= 15 is 0 Å². The van der Waals surface area contributed by atoms with Crippen molar-refractivity contribution in [3.05, 3.63) is 33.9 Å². The van der Waals surface area contributed by atoms with Gasteiger partial charge in [-0.2, -0.15) is 0 Å². The summed E-state index contributed by atoms with van der Waals surface area (Å²) in [6, 6.07) is 5.25. The van der Waals surface area contributed by atoms with Crippen molar-refractivity contribution in [3.8, 4) is 0 Å². The molecule has 0 aliphatic heterocycles. The zero-order chi connectivity index (χ0) is 14.2. The van der Waals surface area contributed by atoms with Crippen molar-refractivity contribution in [2.24, 2.45) is 0 Å². The number of hydrogen-bond donors (Lipinski definition) is 2. The first-order valence-corrected chi connectivity index (χ1v) is 8.41. The highest BCUT2D eigenvalue weighted by Gasteiger charge is 2.21. The first-order chi connectivity index (χ1) is 8.79. The Hall–Kier alpha value is -1.12. The first kappa shape index (κ1) is 14.3. The second-order valence-electron chi connectivity index (χ2n) is 3.99. The first-order valence-electron chi connectivity index (χ1n) is 5.31. The molecule has 8 heteroatoms. The number of aryl methyl sites for hydroxylation is 2. The Bertz CT molecular complexity index is 726. The molecule has 0 bridgehead atoms. The van der Waals surface area contributed by atoms with Gasteiger partial charge >= 0.3 is 0 Å². The van der Waals surface area contributed by atoms with E-state index in [0.717, 1.165) is 21.4 Å². The molecule has 0 radical (unpaired) electrons. The minimum Gasteiger partial charge on any atom is -0.375 e. The average Bonchev–Trinajstić information content (AvgIpc) is 2.63. The highest BCUT2D eigenvalue weighted by atomic mass is 79.9. The third-order valence-corrected chi connectivity index (χ3v) is 6.27. The molecule has 19 heavy (non-hydrogen) atoms. The molecule has 0 unspecified atom stereocenters. The Kier molecular flexibility index (Phi) is 3.84. The summed E-state index contributed by atoms with van der Waals surface area (Å²) in [7, 11) is -3.65. The number of halogens is 1. The van der Waals surface area contributed by atoms with Crippen molar-refractivity contribution in [3.63, 3.8) is 0 Å². The lowest BCUT2D eigenvalue weighted by molar-refractivity contribution is 0.602. The fourth-order valence-electron chi connectivity index (χ4n) is 1.51. The maximum absolute atomic E-state index is 12.2. The number of hydrogen-bond acceptors (Lipinski definition) is 5. The Morgan fingerprint density at radius 3 is 2.58 bits per heavy atom. The molecule has 0 saturated heterocycles. The van der Waals surface area contributed by atoms with Crippen LogP contribution in [0.4, 0.5) is 10.8 Å². The van der Waals surface area contributed by atoms with Crippen LogP contribution >= 0.6 is 27.3 Å². The molecule has 3 N–H and O–H groups in total. The van der Waals surface area contributed by atoms with Crippen molar-refractivity contribution in [2.75, 3.05) is 10.5 Å². The fraction of sp³-hybridized carbons (Fsp3) is 0.182. The molecule has 5 nitrogen and oxygen atoms in total. The number of anilines is 2. The van der Waals surface area contributed by atoms with Crippen LogP contribution in [0.1, 0.15) is 11.3 Å². The molecule has 1 aromatic carbocycles. The number of aromatic nitrogens is 1. The van der Waals surface area contributed by atoms with Gasteiger partial charge in [0.2, 0.25) is 0 Å². The van der Waals surface area contributed by atoms with Gasteiger partial charge in [0.15, 0.2) is 9.34 Å². The molecule has 0 amide bonds. The second-order valence-corrected chi connectivity index (χ2v) is 7.76. The Balaban J connectivity index is 2.36. The SMILES string of the molecule is Cc1ccc(NS(=O)(=O)c2sc(N)nc2C)cc1Br. The molecule has 1 aromatic heterocycles. The van der Waals surface area contributed by atoms with Gasteiger partial charge in [-0.05, 0) is 31.5 Å². The lowest BCUT2D eigenvalue weighted by Crippen LogP contribution is -2.12. The van der Waals surface area contributed by atoms with Crippen LogP contribution < -0.4 is 10.5 Å². The third kappa shape index (κ3) is 3.07. The number of nitrogen functional groups attached to an aromatic ring is 1. The summed E-state index contributed by atoms with van der Waals surface area (Å²) in [6.07, 6.45) is 0. The summed E-state index contributed by atoms with van der Waals surface area (Å²) in [5, 5.41) is 0.239.